The largest absolute Gasteiger partial charge is 0.469 e. The molecule has 1 heterocycles. The summed E-state index contributed by atoms with van der Waals surface area (Å²) in [5, 5.41) is 2.92. The average molecular weight is 300 g/mol. The van der Waals surface area contributed by atoms with Crippen molar-refractivity contribution in [2.45, 2.75) is 51.7 Å². The molecule has 0 aromatic heterocycles. The highest BCUT2D eigenvalue weighted by Gasteiger charge is 2.30. The third-order valence-corrected chi connectivity index (χ3v) is 3.63. The van der Waals surface area contributed by atoms with Crippen molar-refractivity contribution < 1.29 is 19.1 Å². The van der Waals surface area contributed by atoms with E-state index in [2.05, 4.69) is 10.2 Å². The first kappa shape index (κ1) is 17.8. The van der Waals surface area contributed by atoms with E-state index in [1.54, 1.807) is 0 Å². The minimum atomic E-state index is -0.524. The lowest BCUT2D eigenvalue weighted by atomic mass is 9.91. The maximum atomic E-state index is 12.0. The lowest BCUT2D eigenvalue weighted by Crippen LogP contribution is -2.43. The molecule has 1 amide bonds. The van der Waals surface area contributed by atoms with Crippen LogP contribution in [0.3, 0.4) is 0 Å². The summed E-state index contributed by atoms with van der Waals surface area (Å²) in [6, 6.07) is -0.0658. The van der Waals surface area contributed by atoms with E-state index in [0.717, 1.165) is 25.9 Å². The molecule has 6 nitrogen and oxygen atoms in total. The van der Waals surface area contributed by atoms with E-state index in [4.69, 9.17) is 9.47 Å². The molecule has 0 spiro atoms. The molecule has 0 aromatic rings. The number of carbonyl (C=O) groups excluding carboxylic acids is 2. The summed E-state index contributed by atoms with van der Waals surface area (Å²) in [7, 11) is 3.44. The lowest BCUT2D eigenvalue weighted by Gasteiger charge is -2.27. The van der Waals surface area contributed by atoms with E-state index in [-0.39, 0.29) is 17.9 Å². The minimum Gasteiger partial charge on any atom is -0.469 e. The van der Waals surface area contributed by atoms with Crippen LogP contribution in [0.1, 0.15) is 40.0 Å². The fraction of sp³-hybridized carbons (Fsp3) is 0.867. The standard InChI is InChI=1S/C15H28N2O4/c1-15(2,3)21-14(19)16-12-7-9-17(4)8-6-11(12)10-13(18)20-5/h11-12H,6-10H2,1-5H3,(H,16,19). The summed E-state index contributed by atoms with van der Waals surface area (Å²) < 4.78 is 10.1. The summed E-state index contributed by atoms with van der Waals surface area (Å²) >= 11 is 0. The van der Waals surface area contributed by atoms with Gasteiger partial charge in [-0.2, -0.15) is 0 Å². The Balaban J connectivity index is 2.67. The van der Waals surface area contributed by atoms with Crippen LogP contribution >= 0.6 is 0 Å². The van der Waals surface area contributed by atoms with Gasteiger partial charge >= 0.3 is 12.1 Å². The van der Waals surface area contributed by atoms with Gasteiger partial charge in [0, 0.05) is 6.04 Å². The summed E-state index contributed by atoms with van der Waals surface area (Å²) in [5.74, 6) is -0.157. The molecule has 21 heavy (non-hydrogen) atoms. The first-order valence-corrected chi connectivity index (χ1v) is 7.46. The number of methoxy groups -OCH3 is 1. The third kappa shape index (κ3) is 6.80. The number of nitrogens with zero attached hydrogens (tertiary/aromatic N) is 1. The Morgan fingerprint density at radius 3 is 2.43 bits per heavy atom. The second-order valence-electron chi connectivity index (χ2n) is 6.67. The van der Waals surface area contributed by atoms with E-state index in [1.165, 1.54) is 7.11 Å². The van der Waals surface area contributed by atoms with E-state index >= 15 is 0 Å². The summed E-state index contributed by atoms with van der Waals surface area (Å²) in [6.45, 7) is 7.30. The van der Waals surface area contributed by atoms with Crippen molar-refractivity contribution in [3.05, 3.63) is 0 Å². The van der Waals surface area contributed by atoms with Crippen LogP contribution in [0.4, 0.5) is 4.79 Å². The van der Waals surface area contributed by atoms with Gasteiger partial charge in [0.05, 0.1) is 13.5 Å². The van der Waals surface area contributed by atoms with Gasteiger partial charge in [-0.15, -0.1) is 0 Å². The highest BCUT2D eigenvalue weighted by Crippen LogP contribution is 2.22. The van der Waals surface area contributed by atoms with Gasteiger partial charge in [-0.25, -0.2) is 4.79 Å². The van der Waals surface area contributed by atoms with E-state index in [0.29, 0.717) is 6.42 Å². The number of hydrogen-bond acceptors (Lipinski definition) is 5. The zero-order valence-electron chi connectivity index (χ0n) is 13.8. The van der Waals surface area contributed by atoms with Gasteiger partial charge in [-0.1, -0.05) is 0 Å². The van der Waals surface area contributed by atoms with Gasteiger partial charge in [-0.05, 0) is 59.7 Å². The van der Waals surface area contributed by atoms with Crippen LogP contribution in [0.2, 0.25) is 0 Å². The number of alkyl carbamates (subject to hydrolysis) is 1. The molecule has 2 unspecified atom stereocenters. The first-order valence-electron chi connectivity index (χ1n) is 7.46. The molecule has 1 aliphatic heterocycles. The van der Waals surface area contributed by atoms with Crippen LogP contribution < -0.4 is 5.32 Å². The highest BCUT2D eigenvalue weighted by atomic mass is 16.6. The Hall–Kier alpha value is -1.30. The maximum Gasteiger partial charge on any atom is 0.407 e. The molecule has 1 saturated heterocycles. The quantitative estimate of drug-likeness (QED) is 0.805. The van der Waals surface area contributed by atoms with Gasteiger partial charge in [0.2, 0.25) is 0 Å². The fourth-order valence-corrected chi connectivity index (χ4v) is 2.49. The Morgan fingerprint density at radius 2 is 1.86 bits per heavy atom. The van der Waals surface area contributed by atoms with Gasteiger partial charge in [-0.3, -0.25) is 4.79 Å². The number of carbonyl (C=O) groups is 2. The van der Waals surface area contributed by atoms with Crippen LogP contribution in [-0.4, -0.2) is 55.9 Å². The minimum absolute atomic E-state index is 0.0658. The molecule has 6 heteroatoms. The van der Waals surface area contributed by atoms with E-state index in [9.17, 15) is 9.59 Å². The number of rotatable bonds is 3. The molecule has 0 bridgehead atoms. The number of nitrogens with one attached hydrogen (secondary N) is 1. The van der Waals surface area contributed by atoms with Crippen LogP contribution in [0.25, 0.3) is 0 Å². The topological polar surface area (TPSA) is 67.9 Å². The van der Waals surface area contributed by atoms with E-state index in [1.807, 2.05) is 27.8 Å². The van der Waals surface area contributed by atoms with Crippen molar-refractivity contribution in [3.8, 4) is 0 Å². The van der Waals surface area contributed by atoms with Crippen molar-refractivity contribution in [2.75, 3.05) is 27.2 Å². The zero-order chi connectivity index (χ0) is 16.0. The normalized spacial score (nSPS) is 24.0. The monoisotopic (exact) mass is 300 g/mol. The molecular weight excluding hydrogens is 272 g/mol. The summed E-state index contributed by atoms with van der Waals surface area (Å²) in [6.07, 6.45) is 1.56. The van der Waals surface area contributed by atoms with Crippen LogP contribution in [-0.2, 0) is 14.3 Å². The smallest absolute Gasteiger partial charge is 0.407 e. The van der Waals surface area contributed by atoms with Gasteiger partial charge in [0.25, 0.3) is 0 Å². The SMILES string of the molecule is COC(=O)CC1CCN(C)CCC1NC(=O)OC(C)(C)C. The number of likely N-dealkylation sites (tertiary alicyclic amines) is 1. The summed E-state index contributed by atoms with van der Waals surface area (Å²) in [5.41, 5.74) is -0.524. The molecular formula is C15H28N2O4. The maximum absolute atomic E-state index is 12.0. The van der Waals surface area contributed by atoms with Gasteiger partial charge in [0.1, 0.15) is 5.60 Å². The van der Waals surface area contributed by atoms with Crippen molar-refractivity contribution in [1.29, 1.82) is 0 Å². The second-order valence-corrected chi connectivity index (χ2v) is 6.67. The second kappa shape index (κ2) is 7.64. The highest BCUT2D eigenvalue weighted by molar-refractivity contribution is 5.70. The molecule has 1 rings (SSSR count). The first-order chi connectivity index (χ1) is 9.71. The Morgan fingerprint density at radius 1 is 1.24 bits per heavy atom. The molecule has 1 aliphatic rings. The number of hydrogen-bond donors (Lipinski definition) is 1. The Kier molecular flexibility index (Phi) is 6.45. The number of ether oxygens (including phenoxy) is 2. The lowest BCUT2D eigenvalue weighted by molar-refractivity contribution is -0.142. The Bertz CT molecular complexity index is 365. The molecule has 0 aliphatic carbocycles. The number of amides is 1. The van der Waals surface area contributed by atoms with Crippen molar-refractivity contribution >= 4 is 12.1 Å². The van der Waals surface area contributed by atoms with E-state index < -0.39 is 11.7 Å². The molecule has 0 aromatic carbocycles. The fourth-order valence-electron chi connectivity index (χ4n) is 2.49. The van der Waals surface area contributed by atoms with Crippen LogP contribution in [0.15, 0.2) is 0 Å². The van der Waals surface area contributed by atoms with Crippen LogP contribution in [0, 0.1) is 5.92 Å². The number of esters is 1. The molecule has 122 valence electrons. The molecule has 0 saturated carbocycles. The zero-order valence-corrected chi connectivity index (χ0v) is 13.8. The van der Waals surface area contributed by atoms with Gasteiger partial charge < -0.3 is 19.7 Å². The molecule has 0 radical (unpaired) electrons. The van der Waals surface area contributed by atoms with Crippen molar-refractivity contribution in [3.63, 3.8) is 0 Å². The third-order valence-electron chi connectivity index (χ3n) is 3.63. The predicted molar refractivity (Wildman–Crippen MR) is 80.0 cm³/mol. The molecule has 2 atom stereocenters. The predicted octanol–water partition coefficient (Wildman–Crippen LogP) is 1.78. The van der Waals surface area contributed by atoms with Crippen molar-refractivity contribution in [1.82, 2.24) is 10.2 Å². The molecule has 1 N–H and O–H groups in total. The summed E-state index contributed by atoms with van der Waals surface area (Å²) in [4.78, 5) is 25.7. The Labute approximate surface area is 127 Å². The van der Waals surface area contributed by atoms with Crippen LogP contribution in [0.5, 0.6) is 0 Å². The molecule has 1 fully saturated rings. The van der Waals surface area contributed by atoms with Crippen molar-refractivity contribution in [2.24, 2.45) is 5.92 Å². The van der Waals surface area contributed by atoms with Gasteiger partial charge in [0.15, 0.2) is 0 Å². The average Bonchev–Trinajstić information content (AvgIpc) is 2.51.